The predicted molar refractivity (Wildman–Crippen MR) is 77.4 cm³/mol. The van der Waals surface area contributed by atoms with Crippen molar-refractivity contribution in [2.45, 2.75) is 4.90 Å². The number of nitrogens with one attached hydrogen (secondary N) is 1. The van der Waals surface area contributed by atoms with Crippen LogP contribution in [0, 0.1) is 17.7 Å². The molecule has 0 radical (unpaired) electrons. The van der Waals surface area contributed by atoms with Gasteiger partial charge in [0.25, 0.3) is 10.0 Å². The van der Waals surface area contributed by atoms with Crippen LogP contribution in [0.1, 0.15) is 5.56 Å². The van der Waals surface area contributed by atoms with E-state index in [2.05, 4.69) is 21.5 Å². The number of halogens is 1. The molecule has 0 atom stereocenters. The molecule has 1 heterocycles. The smallest absolute Gasteiger partial charge is 0.265 e. The van der Waals surface area contributed by atoms with Gasteiger partial charge in [-0.15, -0.1) is 0 Å². The van der Waals surface area contributed by atoms with Crippen molar-refractivity contribution in [2.24, 2.45) is 5.73 Å². The summed E-state index contributed by atoms with van der Waals surface area (Å²) in [6, 6.07) is 8.35. The standard InChI is InChI=1S/C14H12FN3O2S/c15-12-10-11(4-3-8-16)6-7-13(12)21(19,20)18-14-5-1-2-9-17-14/h1-2,5-7,9-10H,8,16H2,(H,17,18). The molecule has 0 aliphatic heterocycles. The first-order chi connectivity index (χ1) is 10.0. The second kappa shape index (κ2) is 6.35. The SMILES string of the molecule is NCC#Cc1ccc(S(=O)(=O)Nc2ccccn2)c(F)c1. The van der Waals surface area contributed by atoms with E-state index in [1.165, 1.54) is 18.3 Å². The molecular formula is C14H12FN3O2S. The molecule has 7 heteroatoms. The maximum atomic E-state index is 13.9. The molecule has 5 nitrogen and oxygen atoms in total. The van der Waals surface area contributed by atoms with Crippen molar-refractivity contribution in [3.63, 3.8) is 0 Å². The zero-order chi connectivity index (χ0) is 15.3. The maximum Gasteiger partial charge on any atom is 0.265 e. The lowest BCUT2D eigenvalue weighted by Crippen LogP contribution is -2.15. The maximum absolute atomic E-state index is 13.9. The van der Waals surface area contributed by atoms with Gasteiger partial charge in [0.15, 0.2) is 0 Å². The van der Waals surface area contributed by atoms with Gasteiger partial charge in [-0.05, 0) is 30.3 Å². The molecule has 0 fully saturated rings. The fourth-order valence-corrected chi connectivity index (χ4v) is 2.63. The summed E-state index contributed by atoms with van der Waals surface area (Å²) in [5, 5.41) is 0. The van der Waals surface area contributed by atoms with Gasteiger partial charge >= 0.3 is 0 Å². The number of hydrogen-bond donors (Lipinski definition) is 2. The number of rotatable bonds is 3. The molecule has 0 spiro atoms. The number of pyridine rings is 1. The number of sulfonamides is 1. The van der Waals surface area contributed by atoms with Gasteiger partial charge in [0.05, 0.1) is 6.54 Å². The van der Waals surface area contributed by atoms with Crippen molar-refractivity contribution in [1.29, 1.82) is 0 Å². The summed E-state index contributed by atoms with van der Waals surface area (Å²) < 4.78 is 40.3. The number of benzene rings is 1. The Hall–Kier alpha value is -2.43. The third kappa shape index (κ3) is 3.78. The summed E-state index contributed by atoms with van der Waals surface area (Å²) in [5.41, 5.74) is 5.58. The Morgan fingerprint density at radius 2 is 2.10 bits per heavy atom. The van der Waals surface area contributed by atoms with Crippen LogP contribution in [0.25, 0.3) is 0 Å². The summed E-state index contributed by atoms with van der Waals surface area (Å²) in [7, 11) is -4.04. The van der Waals surface area contributed by atoms with Gasteiger partial charge in [-0.25, -0.2) is 17.8 Å². The van der Waals surface area contributed by atoms with E-state index < -0.39 is 20.7 Å². The highest BCUT2D eigenvalue weighted by molar-refractivity contribution is 7.92. The van der Waals surface area contributed by atoms with Crippen molar-refractivity contribution in [3.05, 3.63) is 54.0 Å². The zero-order valence-electron chi connectivity index (χ0n) is 10.9. The molecule has 0 saturated heterocycles. The fourth-order valence-electron chi connectivity index (χ4n) is 1.57. The lowest BCUT2D eigenvalue weighted by atomic mass is 10.2. The van der Waals surface area contributed by atoms with Crippen molar-refractivity contribution < 1.29 is 12.8 Å². The molecule has 1 aromatic heterocycles. The molecule has 2 aromatic rings. The highest BCUT2D eigenvalue weighted by Gasteiger charge is 2.19. The highest BCUT2D eigenvalue weighted by atomic mass is 32.2. The van der Waals surface area contributed by atoms with E-state index in [1.807, 2.05) is 0 Å². The van der Waals surface area contributed by atoms with Crippen molar-refractivity contribution >= 4 is 15.8 Å². The first kappa shape index (κ1) is 15.0. The number of nitrogens with two attached hydrogens (primary N) is 1. The molecule has 0 aliphatic rings. The summed E-state index contributed by atoms with van der Waals surface area (Å²) in [4.78, 5) is 3.36. The molecule has 0 bridgehead atoms. The lowest BCUT2D eigenvalue weighted by molar-refractivity contribution is 0.570. The molecule has 0 unspecified atom stereocenters. The van der Waals surface area contributed by atoms with Crippen LogP contribution in [0.3, 0.4) is 0 Å². The fraction of sp³-hybridized carbons (Fsp3) is 0.0714. The molecule has 2 rings (SSSR count). The topological polar surface area (TPSA) is 85.1 Å². The van der Waals surface area contributed by atoms with Crippen molar-refractivity contribution in [1.82, 2.24) is 4.98 Å². The molecule has 0 aliphatic carbocycles. The Bertz CT molecular complexity index is 796. The Balaban J connectivity index is 2.32. The minimum Gasteiger partial charge on any atom is -0.320 e. The second-order valence-corrected chi connectivity index (χ2v) is 5.62. The average molecular weight is 305 g/mol. The molecule has 1 aromatic carbocycles. The number of nitrogens with zero attached hydrogens (tertiary/aromatic N) is 1. The van der Waals surface area contributed by atoms with E-state index in [4.69, 9.17) is 5.73 Å². The van der Waals surface area contributed by atoms with Gasteiger partial charge in [0.1, 0.15) is 16.5 Å². The third-order valence-electron chi connectivity index (χ3n) is 2.46. The van der Waals surface area contributed by atoms with Gasteiger partial charge in [-0.2, -0.15) is 0 Å². The Labute approximate surface area is 122 Å². The summed E-state index contributed by atoms with van der Waals surface area (Å²) in [6.45, 7) is 0.142. The van der Waals surface area contributed by atoms with Gasteiger partial charge in [0.2, 0.25) is 0 Å². The number of aromatic nitrogens is 1. The number of hydrogen-bond acceptors (Lipinski definition) is 4. The van der Waals surface area contributed by atoms with Crippen LogP contribution in [-0.2, 0) is 10.0 Å². The number of anilines is 1. The van der Waals surface area contributed by atoms with Crippen LogP contribution in [0.4, 0.5) is 10.2 Å². The van der Waals surface area contributed by atoms with Crippen LogP contribution in [0.15, 0.2) is 47.5 Å². The van der Waals surface area contributed by atoms with E-state index in [9.17, 15) is 12.8 Å². The van der Waals surface area contributed by atoms with E-state index >= 15 is 0 Å². The predicted octanol–water partition coefficient (Wildman–Crippen LogP) is 1.33. The van der Waals surface area contributed by atoms with Crippen LogP contribution < -0.4 is 10.5 Å². The molecule has 0 saturated carbocycles. The first-order valence-corrected chi connectivity index (χ1v) is 7.43. The van der Waals surface area contributed by atoms with Gasteiger partial charge in [-0.3, -0.25) is 4.72 Å². The quantitative estimate of drug-likeness (QED) is 0.838. The normalized spacial score (nSPS) is 10.6. The van der Waals surface area contributed by atoms with Crippen molar-refractivity contribution in [2.75, 3.05) is 11.3 Å². The van der Waals surface area contributed by atoms with Crippen molar-refractivity contribution in [3.8, 4) is 11.8 Å². The van der Waals surface area contributed by atoms with Crippen LogP contribution in [0.5, 0.6) is 0 Å². The monoisotopic (exact) mass is 305 g/mol. The Morgan fingerprint density at radius 1 is 1.29 bits per heavy atom. The molecule has 3 N–H and O–H groups in total. The first-order valence-electron chi connectivity index (χ1n) is 5.95. The summed E-state index contributed by atoms with van der Waals surface area (Å²) in [5.74, 6) is 4.42. The van der Waals surface area contributed by atoms with E-state index in [1.54, 1.807) is 12.1 Å². The summed E-state index contributed by atoms with van der Waals surface area (Å²) in [6.07, 6.45) is 1.43. The van der Waals surface area contributed by atoms with Gasteiger partial charge in [-0.1, -0.05) is 17.9 Å². The third-order valence-corrected chi connectivity index (χ3v) is 3.85. The molecule has 0 amide bonds. The zero-order valence-corrected chi connectivity index (χ0v) is 11.7. The minimum absolute atomic E-state index is 0.115. The van der Waals surface area contributed by atoms with Gasteiger partial charge < -0.3 is 5.73 Å². The van der Waals surface area contributed by atoms with Gasteiger partial charge in [0, 0.05) is 11.8 Å². The van der Waals surface area contributed by atoms with Crippen LogP contribution in [0.2, 0.25) is 0 Å². The van der Waals surface area contributed by atoms with Crippen LogP contribution >= 0.6 is 0 Å². The largest absolute Gasteiger partial charge is 0.320 e. The second-order valence-electron chi connectivity index (χ2n) is 3.97. The summed E-state index contributed by atoms with van der Waals surface area (Å²) >= 11 is 0. The highest BCUT2D eigenvalue weighted by Crippen LogP contribution is 2.18. The molecule has 108 valence electrons. The lowest BCUT2D eigenvalue weighted by Gasteiger charge is -2.08. The Morgan fingerprint density at radius 3 is 2.71 bits per heavy atom. The van der Waals surface area contributed by atoms with E-state index in [-0.39, 0.29) is 12.4 Å². The molecular weight excluding hydrogens is 293 g/mol. The van der Waals surface area contributed by atoms with E-state index in [0.29, 0.717) is 5.56 Å². The van der Waals surface area contributed by atoms with E-state index in [0.717, 1.165) is 12.1 Å². The Kier molecular flexibility index (Phi) is 4.52. The van der Waals surface area contributed by atoms with Crippen LogP contribution in [-0.4, -0.2) is 19.9 Å². The average Bonchev–Trinajstić information content (AvgIpc) is 2.45. The minimum atomic E-state index is -4.04. The molecule has 21 heavy (non-hydrogen) atoms.